The van der Waals surface area contributed by atoms with E-state index >= 15 is 0 Å². The summed E-state index contributed by atoms with van der Waals surface area (Å²) in [5.74, 6) is -7.78. The third-order valence-corrected chi connectivity index (χ3v) is 5.40. The molecule has 170 valence electrons. The SMILES string of the molecule is N#CC1(NC(=O)C(CC(F)(F)CC2CC2)N[C@@H](c2ccc(F)c(F)c2)C(F)(F)F)CC1. The second-order valence-corrected chi connectivity index (χ2v) is 8.26. The highest BCUT2D eigenvalue weighted by Crippen LogP contribution is 2.42. The lowest BCUT2D eigenvalue weighted by Gasteiger charge is -2.30. The molecule has 2 aliphatic carbocycles. The summed E-state index contributed by atoms with van der Waals surface area (Å²) in [5.41, 5.74) is -2.05. The number of alkyl halides is 5. The molecule has 2 atom stereocenters. The molecule has 2 aliphatic rings. The zero-order chi connectivity index (χ0) is 23.0. The Morgan fingerprint density at radius 1 is 1.16 bits per heavy atom. The van der Waals surface area contributed by atoms with Gasteiger partial charge in [-0.05, 0) is 49.3 Å². The van der Waals surface area contributed by atoms with Crippen molar-refractivity contribution < 1.29 is 35.5 Å². The number of hydrogen-bond acceptors (Lipinski definition) is 3. The minimum atomic E-state index is -5.10. The van der Waals surface area contributed by atoms with Crippen molar-refractivity contribution in [1.82, 2.24) is 10.6 Å². The molecule has 4 nitrogen and oxygen atoms in total. The Kier molecular flexibility index (Phi) is 6.24. The first-order valence-electron chi connectivity index (χ1n) is 9.73. The van der Waals surface area contributed by atoms with Crippen molar-refractivity contribution in [2.75, 3.05) is 0 Å². The predicted octanol–water partition coefficient (Wildman–Crippen LogP) is 4.52. The summed E-state index contributed by atoms with van der Waals surface area (Å²) in [5, 5.41) is 13.2. The molecule has 1 aromatic carbocycles. The normalized spacial score (nSPS) is 19.9. The number of halogens is 7. The highest BCUT2D eigenvalue weighted by atomic mass is 19.4. The van der Waals surface area contributed by atoms with E-state index in [4.69, 9.17) is 5.26 Å². The number of nitrogens with zero attached hydrogens (tertiary/aromatic N) is 1. The van der Waals surface area contributed by atoms with Gasteiger partial charge in [0.05, 0.1) is 12.1 Å². The average molecular weight is 451 g/mol. The predicted molar refractivity (Wildman–Crippen MR) is 94.7 cm³/mol. The summed E-state index contributed by atoms with van der Waals surface area (Å²) < 4.78 is 96.6. The lowest BCUT2D eigenvalue weighted by molar-refractivity contribution is -0.163. The monoisotopic (exact) mass is 451 g/mol. The third kappa shape index (κ3) is 6.09. The first-order valence-corrected chi connectivity index (χ1v) is 9.73. The van der Waals surface area contributed by atoms with Crippen molar-refractivity contribution in [3.8, 4) is 6.07 Å². The van der Waals surface area contributed by atoms with E-state index in [2.05, 4.69) is 5.32 Å². The number of amides is 1. The molecule has 31 heavy (non-hydrogen) atoms. The van der Waals surface area contributed by atoms with E-state index in [-0.39, 0.29) is 18.8 Å². The van der Waals surface area contributed by atoms with Crippen LogP contribution in [-0.2, 0) is 4.79 Å². The topological polar surface area (TPSA) is 64.9 Å². The van der Waals surface area contributed by atoms with Crippen molar-refractivity contribution in [3.05, 3.63) is 35.4 Å². The molecule has 2 fully saturated rings. The van der Waals surface area contributed by atoms with Crippen LogP contribution in [0.4, 0.5) is 30.7 Å². The number of nitriles is 1. The zero-order valence-corrected chi connectivity index (χ0v) is 16.2. The van der Waals surface area contributed by atoms with Crippen LogP contribution in [0.5, 0.6) is 0 Å². The molecular formula is C20H20F7N3O. The van der Waals surface area contributed by atoms with Gasteiger partial charge in [-0.2, -0.15) is 18.4 Å². The Hall–Kier alpha value is -2.35. The standard InChI is InChI=1S/C20H20F7N3O/c21-13-4-3-12(7-14(13)22)16(20(25,26)27)29-15(9-19(23,24)8-11-1-2-11)17(31)30-18(10-28)5-6-18/h3-4,7,11,15-16,29H,1-2,5-6,8-9H2,(H,30,31)/t15?,16-/m0/s1. The quantitative estimate of drug-likeness (QED) is 0.543. The van der Waals surface area contributed by atoms with Crippen LogP contribution in [0.3, 0.4) is 0 Å². The lowest BCUT2D eigenvalue weighted by atomic mass is 9.99. The molecule has 1 unspecified atom stereocenters. The number of benzene rings is 1. The number of nitrogens with one attached hydrogen (secondary N) is 2. The van der Waals surface area contributed by atoms with E-state index in [1.165, 1.54) is 0 Å². The van der Waals surface area contributed by atoms with Crippen LogP contribution < -0.4 is 10.6 Å². The first-order chi connectivity index (χ1) is 14.3. The Labute approximate surface area is 173 Å². The van der Waals surface area contributed by atoms with Crippen LogP contribution in [0.25, 0.3) is 0 Å². The second-order valence-electron chi connectivity index (χ2n) is 8.26. The van der Waals surface area contributed by atoms with Gasteiger partial charge in [0.2, 0.25) is 11.8 Å². The molecule has 0 radical (unpaired) electrons. The summed E-state index contributed by atoms with van der Waals surface area (Å²) in [4.78, 5) is 12.6. The van der Waals surface area contributed by atoms with Crippen LogP contribution in [-0.4, -0.2) is 29.6 Å². The van der Waals surface area contributed by atoms with Crippen LogP contribution in [0.15, 0.2) is 18.2 Å². The first kappa shape index (κ1) is 23.3. The Bertz CT molecular complexity index is 873. The summed E-state index contributed by atoms with van der Waals surface area (Å²) in [7, 11) is 0. The minimum absolute atomic E-state index is 0.253. The van der Waals surface area contributed by atoms with Gasteiger partial charge >= 0.3 is 6.18 Å². The second kappa shape index (κ2) is 8.30. The van der Waals surface area contributed by atoms with Gasteiger partial charge in [-0.1, -0.05) is 6.07 Å². The Balaban J connectivity index is 1.86. The maximum absolute atomic E-state index is 14.4. The molecule has 0 bridgehead atoms. The van der Waals surface area contributed by atoms with E-state index in [9.17, 15) is 35.5 Å². The van der Waals surface area contributed by atoms with Gasteiger partial charge in [0.15, 0.2) is 11.6 Å². The van der Waals surface area contributed by atoms with Crippen molar-refractivity contribution in [2.24, 2.45) is 5.92 Å². The summed E-state index contributed by atoms with van der Waals surface area (Å²) in [6.45, 7) is 0. The molecule has 2 N–H and O–H groups in total. The van der Waals surface area contributed by atoms with Crippen molar-refractivity contribution >= 4 is 5.91 Å². The molecule has 0 aliphatic heterocycles. The van der Waals surface area contributed by atoms with E-state index in [0.29, 0.717) is 31.0 Å². The number of carbonyl (C=O) groups excluding carboxylic acids is 1. The molecule has 0 saturated heterocycles. The number of rotatable bonds is 9. The van der Waals surface area contributed by atoms with E-state index < -0.39 is 65.7 Å². The van der Waals surface area contributed by atoms with Crippen LogP contribution in [0.1, 0.15) is 50.1 Å². The molecule has 1 amide bonds. The minimum Gasteiger partial charge on any atom is -0.336 e. The number of carbonyl (C=O) groups is 1. The fourth-order valence-electron chi connectivity index (χ4n) is 3.34. The molecular weight excluding hydrogens is 431 g/mol. The van der Waals surface area contributed by atoms with Crippen molar-refractivity contribution in [3.63, 3.8) is 0 Å². The average Bonchev–Trinajstić information content (AvgIpc) is 3.58. The molecule has 1 aromatic rings. The highest BCUT2D eigenvalue weighted by molar-refractivity contribution is 5.83. The third-order valence-electron chi connectivity index (χ3n) is 5.40. The maximum Gasteiger partial charge on any atom is 0.407 e. The lowest BCUT2D eigenvalue weighted by Crippen LogP contribution is -2.53. The van der Waals surface area contributed by atoms with Crippen molar-refractivity contribution in [2.45, 2.75) is 68.2 Å². The van der Waals surface area contributed by atoms with Gasteiger partial charge in [-0.15, -0.1) is 0 Å². The fourth-order valence-corrected chi connectivity index (χ4v) is 3.34. The fraction of sp³-hybridized carbons (Fsp3) is 0.600. The molecule has 2 saturated carbocycles. The van der Waals surface area contributed by atoms with Gasteiger partial charge in [-0.25, -0.2) is 17.6 Å². The van der Waals surface area contributed by atoms with Crippen molar-refractivity contribution in [1.29, 1.82) is 5.26 Å². The summed E-state index contributed by atoms with van der Waals surface area (Å²) in [6.07, 6.45) is -5.22. The Morgan fingerprint density at radius 2 is 1.81 bits per heavy atom. The Morgan fingerprint density at radius 3 is 2.29 bits per heavy atom. The molecule has 0 aromatic heterocycles. The molecule has 0 spiro atoms. The van der Waals surface area contributed by atoms with Gasteiger partial charge in [0, 0.05) is 12.8 Å². The summed E-state index contributed by atoms with van der Waals surface area (Å²) in [6, 6.07) is -1.46. The van der Waals surface area contributed by atoms with E-state index in [1.807, 2.05) is 11.4 Å². The molecule has 3 rings (SSSR count). The van der Waals surface area contributed by atoms with Gasteiger partial charge in [0.1, 0.15) is 11.6 Å². The van der Waals surface area contributed by atoms with E-state index in [0.717, 1.165) is 0 Å². The molecule has 11 heteroatoms. The largest absolute Gasteiger partial charge is 0.407 e. The number of hydrogen-bond donors (Lipinski definition) is 2. The van der Waals surface area contributed by atoms with Gasteiger partial charge in [0.25, 0.3) is 0 Å². The van der Waals surface area contributed by atoms with Gasteiger partial charge in [-0.3, -0.25) is 10.1 Å². The summed E-state index contributed by atoms with van der Waals surface area (Å²) >= 11 is 0. The molecule has 0 heterocycles. The van der Waals surface area contributed by atoms with E-state index in [1.54, 1.807) is 0 Å². The van der Waals surface area contributed by atoms with Crippen LogP contribution >= 0.6 is 0 Å². The van der Waals surface area contributed by atoms with Crippen LogP contribution in [0.2, 0.25) is 0 Å². The smallest absolute Gasteiger partial charge is 0.336 e. The van der Waals surface area contributed by atoms with Gasteiger partial charge < -0.3 is 5.32 Å². The maximum atomic E-state index is 14.4. The zero-order valence-electron chi connectivity index (χ0n) is 16.2. The highest BCUT2D eigenvalue weighted by Gasteiger charge is 2.50. The van der Waals surface area contributed by atoms with Crippen LogP contribution in [0, 0.1) is 28.9 Å².